The van der Waals surface area contributed by atoms with Crippen molar-refractivity contribution >= 4 is 16.9 Å². The van der Waals surface area contributed by atoms with Crippen molar-refractivity contribution in [3.05, 3.63) is 102 Å². The van der Waals surface area contributed by atoms with Gasteiger partial charge in [0.2, 0.25) is 0 Å². The molecule has 0 saturated carbocycles. The highest BCUT2D eigenvalue weighted by Crippen LogP contribution is 2.28. The number of carboxylic acid groups (broad SMARTS) is 1. The second-order valence-corrected chi connectivity index (χ2v) is 8.50. The van der Waals surface area contributed by atoms with Crippen LogP contribution in [0.25, 0.3) is 22.2 Å². The summed E-state index contributed by atoms with van der Waals surface area (Å²) in [4.78, 5) is 15.9. The number of unbranched alkanes of at least 4 members (excludes halogenated alkanes) is 1. The number of benzene rings is 3. The summed E-state index contributed by atoms with van der Waals surface area (Å²) in [5, 5.41) is 13.7. The quantitative estimate of drug-likeness (QED) is 0.276. The highest BCUT2D eigenvalue weighted by molar-refractivity contribution is 5.84. The molecule has 1 aromatic heterocycles. The van der Waals surface area contributed by atoms with Gasteiger partial charge in [0, 0.05) is 30.0 Å². The molecule has 0 unspecified atom stereocenters. The van der Waals surface area contributed by atoms with Crippen LogP contribution in [0.3, 0.4) is 0 Å². The fourth-order valence-electron chi connectivity index (χ4n) is 4.14. The number of fused-ring (bicyclic) bond motifs is 1. The second kappa shape index (κ2) is 10.9. The number of hydrogen-bond donors (Lipinski definition) is 2. The Labute approximate surface area is 195 Å². The molecule has 4 heteroatoms. The van der Waals surface area contributed by atoms with Gasteiger partial charge in [-0.15, -0.1) is 0 Å². The summed E-state index contributed by atoms with van der Waals surface area (Å²) >= 11 is 0. The number of nitrogens with one attached hydrogen (secondary N) is 1. The van der Waals surface area contributed by atoms with Gasteiger partial charge in [-0.3, -0.25) is 4.79 Å². The van der Waals surface area contributed by atoms with E-state index < -0.39 is 5.97 Å². The van der Waals surface area contributed by atoms with Crippen LogP contribution in [0.2, 0.25) is 0 Å². The topological polar surface area (TPSA) is 62.2 Å². The minimum absolute atomic E-state index is 0.205. The van der Waals surface area contributed by atoms with Crippen LogP contribution in [0, 0.1) is 0 Å². The highest BCUT2D eigenvalue weighted by atomic mass is 16.4. The van der Waals surface area contributed by atoms with Crippen LogP contribution in [0.15, 0.2) is 84.9 Å². The lowest BCUT2D eigenvalue weighted by Gasteiger charge is -2.15. The zero-order valence-electron chi connectivity index (χ0n) is 19.0. The number of pyridine rings is 1. The maximum absolute atomic E-state index is 10.9. The summed E-state index contributed by atoms with van der Waals surface area (Å²) in [6, 6.07) is 29.6. The molecule has 4 rings (SSSR count). The fraction of sp³-hybridized carbons (Fsp3) is 0.241. The van der Waals surface area contributed by atoms with Crippen molar-refractivity contribution < 1.29 is 9.90 Å². The predicted octanol–water partition coefficient (Wildman–Crippen LogP) is 6.55. The molecule has 2 N–H and O–H groups in total. The smallest absolute Gasteiger partial charge is 0.303 e. The molecular formula is C29H30N2O2. The van der Waals surface area contributed by atoms with Gasteiger partial charge < -0.3 is 10.4 Å². The molecule has 0 aliphatic carbocycles. The summed E-state index contributed by atoms with van der Waals surface area (Å²) in [6.07, 6.45) is 2.52. The lowest BCUT2D eigenvalue weighted by molar-refractivity contribution is -0.137. The molecule has 168 valence electrons. The third-order valence-corrected chi connectivity index (χ3v) is 6.00. The summed E-state index contributed by atoms with van der Waals surface area (Å²) in [5.74, 6) is -0.739. The zero-order valence-corrected chi connectivity index (χ0v) is 19.0. The maximum atomic E-state index is 10.9. The molecule has 3 aromatic carbocycles. The van der Waals surface area contributed by atoms with Crippen molar-refractivity contribution in [2.24, 2.45) is 0 Å². The molecule has 0 bridgehead atoms. The van der Waals surface area contributed by atoms with Crippen molar-refractivity contribution in [3.8, 4) is 11.3 Å². The average molecular weight is 439 g/mol. The first kappa shape index (κ1) is 22.7. The van der Waals surface area contributed by atoms with E-state index in [4.69, 9.17) is 10.1 Å². The number of aliphatic carboxylic acids is 1. The van der Waals surface area contributed by atoms with Crippen molar-refractivity contribution in [1.29, 1.82) is 0 Å². The summed E-state index contributed by atoms with van der Waals surface area (Å²) < 4.78 is 0. The minimum atomic E-state index is -0.739. The second-order valence-electron chi connectivity index (χ2n) is 8.50. The molecule has 0 fully saturated rings. The minimum Gasteiger partial charge on any atom is -0.481 e. The summed E-state index contributed by atoms with van der Waals surface area (Å²) in [6.45, 7) is 2.96. The van der Waals surface area contributed by atoms with Gasteiger partial charge in [-0.25, -0.2) is 4.98 Å². The van der Waals surface area contributed by atoms with E-state index in [0.29, 0.717) is 6.42 Å². The van der Waals surface area contributed by atoms with E-state index in [0.717, 1.165) is 41.5 Å². The van der Waals surface area contributed by atoms with E-state index in [2.05, 4.69) is 72.9 Å². The molecular weight excluding hydrogens is 408 g/mol. The van der Waals surface area contributed by atoms with Gasteiger partial charge in [-0.05, 0) is 61.1 Å². The Morgan fingerprint density at radius 3 is 2.39 bits per heavy atom. The molecule has 0 radical (unpaired) electrons. The average Bonchev–Trinajstić information content (AvgIpc) is 2.85. The SMILES string of the molecule is C[C@@H](NCc1ccc2nc(-c3ccccc3)c(CCCCC(=O)O)cc2c1)c1ccccc1. The largest absolute Gasteiger partial charge is 0.481 e. The van der Waals surface area contributed by atoms with E-state index in [-0.39, 0.29) is 12.5 Å². The third-order valence-electron chi connectivity index (χ3n) is 6.00. The van der Waals surface area contributed by atoms with Crippen LogP contribution >= 0.6 is 0 Å². The Morgan fingerprint density at radius 1 is 0.939 bits per heavy atom. The molecule has 0 amide bonds. The van der Waals surface area contributed by atoms with Crippen molar-refractivity contribution in [1.82, 2.24) is 10.3 Å². The van der Waals surface area contributed by atoms with E-state index in [1.807, 2.05) is 24.3 Å². The van der Waals surface area contributed by atoms with E-state index in [1.54, 1.807) is 0 Å². The van der Waals surface area contributed by atoms with E-state index in [9.17, 15) is 4.79 Å². The van der Waals surface area contributed by atoms with E-state index >= 15 is 0 Å². The lowest BCUT2D eigenvalue weighted by Crippen LogP contribution is -2.17. The highest BCUT2D eigenvalue weighted by Gasteiger charge is 2.11. The van der Waals surface area contributed by atoms with Gasteiger partial charge >= 0.3 is 5.97 Å². The molecule has 0 saturated heterocycles. The van der Waals surface area contributed by atoms with Gasteiger partial charge in [0.1, 0.15) is 0 Å². The molecule has 0 aliphatic rings. The number of rotatable bonds is 10. The molecule has 0 aliphatic heterocycles. The number of carboxylic acids is 1. The van der Waals surface area contributed by atoms with Crippen LogP contribution in [-0.4, -0.2) is 16.1 Å². The van der Waals surface area contributed by atoms with Gasteiger partial charge in [0.05, 0.1) is 11.2 Å². The van der Waals surface area contributed by atoms with Gasteiger partial charge in [0.15, 0.2) is 0 Å². The number of carbonyl (C=O) groups is 1. The van der Waals surface area contributed by atoms with Crippen LogP contribution < -0.4 is 5.32 Å². The van der Waals surface area contributed by atoms with Crippen LogP contribution in [0.4, 0.5) is 0 Å². The molecule has 33 heavy (non-hydrogen) atoms. The first-order valence-electron chi connectivity index (χ1n) is 11.6. The van der Waals surface area contributed by atoms with Crippen LogP contribution in [-0.2, 0) is 17.8 Å². The van der Waals surface area contributed by atoms with Crippen LogP contribution in [0.5, 0.6) is 0 Å². The summed E-state index contributed by atoms with van der Waals surface area (Å²) in [7, 11) is 0. The van der Waals surface area contributed by atoms with Gasteiger partial charge in [0.25, 0.3) is 0 Å². The first-order valence-corrected chi connectivity index (χ1v) is 11.6. The van der Waals surface area contributed by atoms with Gasteiger partial charge in [-0.2, -0.15) is 0 Å². The molecule has 1 heterocycles. The Bertz CT molecular complexity index is 1210. The first-order chi connectivity index (χ1) is 16.1. The summed E-state index contributed by atoms with van der Waals surface area (Å²) in [5.41, 5.74) is 6.72. The maximum Gasteiger partial charge on any atom is 0.303 e. The van der Waals surface area contributed by atoms with Crippen molar-refractivity contribution in [2.75, 3.05) is 0 Å². The van der Waals surface area contributed by atoms with Gasteiger partial charge in [-0.1, -0.05) is 66.7 Å². The Morgan fingerprint density at radius 2 is 1.67 bits per heavy atom. The zero-order chi connectivity index (χ0) is 23.0. The monoisotopic (exact) mass is 438 g/mol. The number of nitrogens with zero attached hydrogens (tertiary/aromatic N) is 1. The number of hydrogen-bond acceptors (Lipinski definition) is 3. The number of aromatic nitrogens is 1. The molecule has 4 aromatic rings. The predicted molar refractivity (Wildman–Crippen MR) is 134 cm³/mol. The molecule has 0 spiro atoms. The Hall–Kier alpha value is -3.50. The normalized spacial score (nSPS) is 12.0. The molecule has 4 nitrogen and oxygen atoms in total. The Kier molecular flexibility index (Phi) is 7.48. The third kappa shape index (κ3) is 6.05. The standard InChI is InChI=1S/C29H30N2O2/c1-21(23-10-4-2-5-11-23)30-20-22-16-17-27-26(18-22)19-25(14-8-9-15-28(32)33)29(31-27)24-12-6-3-7-13-24/h2-7,10-13,16-19,21,30H,8-9,14-15,20H2,1H3,(H,32,33)/t21-/m1/s1. The van der Waals surface area contributed by atoms with Crippen molar-refractivity contribution in [2.45, 2.75) is 45.2 Å². The Balaban J connectivity index is 1.57. The molecule has 1 atom stereocenters. The van der Waals surface area contributed by atoms with Crippen LogP contribution in [0.1, 0.15) is 48.9 Å². The van der Waals surface area contributed by atoms with E-state index in [1.165, 1.54) is 16.7 Å². The van der Waals surface area contributed by atoms with Crippen molar-refractivity contribution in [3.63, 3.8) is 0 Å². The lowest BCUT2D eigenvalue weighted by atomic mass is 9.98. The fourth-order valence-corrected chi connectivity index (χ4v) is 4.14. The number of aryl methyl sites for hydroxylation is 1.